The molecule has 19 heavy (non-hydrogen) atoms. The average Bonchev–Trinajstić information content (AvgIpc) is 2.72. The number of methoxy groups -OCH3 is 1. The highest BCUT2D eigenvalue weighted by molar-refractivity contribution is 7.21. The van der Waals surface area contributed by atoms with Crippen molar-refractivity contribution >= 4 is 44.6 Å². The lowest BCUT2D eigenvalue weighted by Crippen LogP contribution is -2.29. The predicted molar refractivity (Wildman–Crippen MR) is 80.1 cm³/mol. The number of hydrogen-bond acceptors (Lipinski definition) is 4. The van der Waals surface area contributed by atoms with E-state index >= 15 is 0 Å². The number of nitrogens with two attached hydrogens (primary N) is 1. The Morgan fingerprint density at radius 1 is 1.53 bits per heavy atom. The molecule has 0 saturated heterocycles. The summed E-state index contributed by atoms with van der Waals surface area (Å²) < 4.78 is 5.93. The van der Waals surface area contributed by atoms with Gasteiger partial charge in [0.2, 0.25) is 0 Å². The predicted octanol–water partition coefficient (Wildman–Crippen LogP) is 2.86. The van der Waals surface area contributed by atoms with Crippen LogP contribution in [0.3, 0.4) is 0 Å². The standard InChI is InChI=1S/C13H15ClN2O2S/c1-16(5-6-18-2)13(17)12-11(15)9-7-8(14)3-4-10(9)19-12/h3-4,7H,5-6,15H2,1-2H3. The van der Waals surface area contributed by atoms with Crippen LogP contribution in [0.5, 0.6) is 0 Å². The van der Waals surface area contributed by atoms with E-state index in [0.29, 0.717) is 28.7 Å². The lowest BCUT2D eigenvalue weighted by atomic mass is 10.2. The Kier molecular flexibility index (Phi) is 4.29. The highest BCUT2D eigenvalue weighted by atomic mass is 35.5. The van der Waals surface area contributed by atoms with Gasteiger partial charge in [0, 0.05) is 35.8 Å². The third kappa shape index (κ3) is 2.83. The largest absolute Gasteiger partial charge is 0.397 e. The Morgan fingerprint density at radius 2 is 2.26 bits per heavy atom. The van der Waals surface area contributed by atoms with Crippen LogP contribution in [0.2, 0.25) is 5.02 Å². The molecule has 0 spiro atoms. The number of fused-ring (bicyclic) bond motifs is 1. The molecule has 1 amide bonds. The molecule has 2 aromatic rings. The van der Waals surface area contributed by atoms with Crippen molar-refractivity contribution in [2.45, 2.75) is 0 Å². The van der Waals surface area contributed by atoms with Gasteiger partial charge in [-0.05, 0) is 18.2 Å². The average molecular weight is 299 g/mol. The first-order valence-electron chi connectivity index (χ1n) is 5.76. The molecule has 0 bridgehead atoms. The van der Waals surface area contributed by atoms with Gasteiger partial charge in [0.05, 0.1) is 12.3 Å². The normalized spacial score (nSPS) is 10.9. The first-order valence-corrected chi connectivity index (χ1v) is 6.96. The van der Waals surface area contributed by atoms with Crippen LogP contribution in [0.4, 0.5) is 5.69 Å². The molecule has 0 radical (unpaired) electrons. The Bertz CT molecular complexity index is 612. The second-order valence-electron chi connectivity index (χ2n) is 4.20. The van der Waals surface area contributed by atoms with Gasteiger partial charge < -0.3 is 15.4 Å². The fourth-order valence-corrected chi connectivity index (χ4v) is 3.02. The van der Waals surface area contributed by atoms with Crippen molar-refractivity contribution in [1.82, 2.24) is 4.90 Å². The van der Waals surface area contributed by atoms with E-state index in [-0.39, 0.29) is 5.91 Å². The summed E-state index contributed by atoms with van der Waals surface area (Å²) in [6, 6.07) is 5.46. The summed E-state index contributed by atoms with van der Waals surface area (Å²) in [5.41, 5.74) is 6.55. The number of carbonyl (C=O) groups is 1. The van der Waals surface area contributed by atoms with Crippen molar-refractivity contribution in [3.05, 3.63) is 28.1 Å². The van der Waals surface area contributed by atoms with Crippen molar-refractivity contribution in [3.63, 3.8) is 0 Å². The molecule has 2 N–H and O–H groups in total. The van der Waals surface area contributed by atoms with Crippen molar-refractivity contribution in [1.29, 1.82) is 0 Å². The molecule has 2 rings (SSSR count). The van der Waals surface area contributed by atoms with Crippen LogP contribution in [-0.2, 0) is 4.74 Å². The maximum Gasteiger partial charge on any atom is 0.265 e. The molecule has 0 aliphatic rings. The minimum Gasteiger partial charge on any atom is -0.397 e. The molecule has 0 saturated carbocycles. The molecule has 1 heterocycles. The summed E-state index contributed by atoms with van der Waals surface area (Å²) in [5.74, 6) is -0.0909. The van der Waals surface area contributed by atoms with Gasteiger partial charge >= 0.3 is 0 Å². The van der Waals surface area contributed by atoms with Crippen molar-refractivity contribution in [2.24, 2.45) is 0 Å². The van der Waals surface area contributed by atoms with Gasteiger partial charge in [0.15, 0.2) is 0 Å². The van der Waals surface area contributed by atoms with Crippen LogP contribution >= 0.6 is 22.9 Å². The van der Waals surface area contributed by atoms with Crippen LogP contribution in [-0.4, -0.2) is 38.1 Å². The summed E-state index contributed by atoms with van der Waals surface area (Å²) in [5, 5.41) is 1.45. The molecule has 0 aliphatic carbocycles. The number of ether oxygens (including phenoxy) is 1. The Morgan fingerprint density at radius 3 is 2.95 bits per heavy atom. The summed E-state index contributed by atoms with van der Waals surface area (Å²) in [6.45, 7) is 1.03. The number of halogens is 1. The quantitative estimate of drug-likeness (QED) is 0.944. The molecule has 102 valence electrons. The van der Waals surface area contributed by atoms with Gasteiger partial charge in [-0.25, -0.2) is 0 Å². The summed E-state index contributed by atoms with van der Waals surface area (Å²) in [6.07, 6.45) is 0. The number of hydrogen-bond donors (Lipinski definition) is 1. The number of likely N-dealkylation sites (N-methyl/N-ethyl adjacent to an activating group) is 1. The third-order valence-electron chi connectivity index (χ3n) is 2.86. The number of amides is 1. The Labute approximate surface area is 120 Å². The number of benzene rings is 1. The van der Waals surface area contributed by atoms with E-state index in [1.165, 1.54) is 11.3 Å². The monoisotopic (exact) mass is 298 g/mol. The molecule has 1 aromatic heterocycles. The van der Waals surface area contributed by atoms with E-state index in [1.807, 2.05) is 6.07 Å². The zero-order chi connectivity index (χ0) is 14.0. The highest BCUT2D eigenvalue weighted by Gasteiger charge is 2.19. The maximum atomic E-state index is 12.3. The minimum atomic E-state index is -0.0909. The fraction of sp³-hybridized carbons (Fsp3) is 0.308. The summed E-state index contributed by atoms with van der Waals surface area (Å²) >= 11 is 7.33. The lowest BCUT2D eigenvalue weighted by Gasteiger charge is -2.15. The van der Waals surface area contributed by atoms with Crippen LogP contribution in [0.15, 0.2) is 18.2 Å². The van der Waals surface area contributed by atoms with Gasteiger partial charge in [0.1, 0.15) is 4.88 Å². The number of nitrogens with zero attached hydrogens (tertiary/aromatic N) is 1. The number of carbonyl (C=O) groups excluding carboxylic acids is 1. The zero-order valence-corrected chi connectivity index (χ0v) is 12.3. The fourth-order valence-electron chi connectivity index (χ4n) is 1.75. The van der Waals surface area contributed by atoms with E-state index in [0.717, 1.165) is 10.1 Å². The first kappa shape index (κ1) is 14.1. The maximum absolute atomic E-state index is 12.3. The molecule has 0 aliphatic heterocycles. The van der Waals surface area contributed by atoms with E-state index in [4.69, 9.17) is 22.1 Å². The Hall–Kier alpha value is -1.30. The first-order chi connectivity index (χ1) is 9.04. The van der Waals surface area contributed by atoms with Gasteiger partial charge in [-0.1, -0.05) is 11.6 Å². The molecule has 0 atom stereocenters. The summed E-state index contributed by atoms with van der Waals surface area (Å²) in [7, 11) is 3.34. The number of thiophene rings is 1. The number of rotatable bonds is 4. The zero-order valence-electron chi connectivity index (χ0n) is 10.8. The van der Waals surface area contributed by atoms with Gasteiger partial charge in [-0.2, -0.15) is 0 Å². The molecule has 6 heteroatoms. The van der Waals surface area contributed by atoms with Crippen LogP contribution in [0, 0.1) is 0 Å². The van der Waals surface area contributed by atoms with E-state index in [1.54, 1.807) is 31.2 Å². The molecule has 0 unspecified atom stereocenters. The summed E-state index contributed by atoms with van der Waals surface area (Å²) in [4.78, 5) is 14.4. The van der Waals surface area contributed by atoms with Crippen LogP contribution < -0.4 is 5.73 Å². The van der Waals surface area contributed by atoms with Crippen molar-refractivity contribution in [2.75, 3.05) is 33.0 Å². The van der Waals surface area contributed by atoms with E-state index < -0.39 is 0 Å². The third-order valence-corrected chi connectivity index (χ3v) is 4.27. The van der Waals surface area contributed by atoms with Gasteiger partial charge in [-0.15, -0.1) is 11.3 Å². The molecule has 0 fully saturated rings. The second-order valence-corrected chi connectivity index (χ2v) is 5.69. The van der Waals surface area contributed by atoms with Crippen molar-refractivity contribution < 1.29 is 9.53 Å². The van der Waals surface area contributed by atoms with E-state index in [9.17, 15) is 4.79 Å². The highest BCUT2D eigenvalue weighted by Crippen LogP contribution is 2.35. The van der Waals surface area contributed by atoms with Gasteiger partial charge in [-0.3, -0.25) is 4.79 Å². The molecular formula is C13H15ClN2O2S. The lowest BCUT2D eigenvalue weighted by molar-refractivity contribution is 0.0750. The second kappa shape index (κ2) is 5.77. The van der Waals surface area contributed by atoms with Gasteiger partial charge in [0.25, 0.3) is 5.91 Å². The van der Waals surface area contributed by atoms with Crippen molar-refractivity contribution in [3.8, 4) is 0 Å². The van der Waals surface area contributed by atoms with Crippen LogP contribution in [0.1, 0.15) is 9.67 Å². The SMILES string of the molecule is COCCN(C)C(=O)c1sc2ccc(Cl)cc2c1N. The van der Waals surface area contributed by atoms with Crippen LogP contribution in [0.25, 0.3) is 10.1 Å². The molecular weight excluding hydrogens is 284 g/mol. The number of anilines is 1. The number of nitrogen functional groups attached to an aromatic ring is 1. The smallest absolute Gasteiger partial charge is 0.265 e. The molecule has 4 nitrogen and oxygen atoms in total. The molecule has 1 aromatic carbocycles. The van der Waals surface area contributed by atoms with E-state index in [2.05, 4.69) is 0 Å². The minimum absolute atomic E-state index is 0.0909. The Balaban J connectivity index is 2.34. The topological polar surface area (TPSA) is 55.6 Å².